The molecule has 1 aliphatic rings. The molecule has 0 N–H and O–H groups in total. The van der Waals surface area contributed by atoms with Crippen LogP contribution in [0.5, 0.6) is 5.75 Å². The molecule has 20 heavy (non-hydrogen) atoms. The molecule has 0 bridgehead atoms. The van der Waals surface area contributed by atoms with Crippen molar-refractivity contribution in [2.75, 3.05) is 6.61 Å². The van der Waals surface area contributed by atoms with E-state index in [1.807, 2.05) is 30.3 Å². The molecule has 0 aliphatic carbocycles. The number of alkyl halides is 1. The van der Waals surface area contributed by atoms with Gasteiger partial charge in [0.25, 0.3) is 0 Å². The van der Waals surface area contributed by atoms with Gasteiger partial charge in [0, 0.05) is 21.5 Å². The van der Waals surface area contributed by atoms with Gasteiger partial charge in [0.05, 0.1) is 17.0 Å². The van der Waals surface area contributed by atoms with E-state index in [1.54, 1.807) is 0 Å². The molecule has 0 saturated carbocycles. The maximum absolute atomic E-state index is 6.61. The smallest absolute Gasteiger partial charge is 0.127 e. The number of benzene rings is 2. The highest BCUT2D eigenvalue weighted by atomic mass is 79.9. The van der Waals surface area contributed by atoms with E-state index in [2.05, 4.69) is 15.9 Å². The van der Waals surface area contributed by atoms with Gasteiger partial charge >= 0.3 is 0 Å². The summed E-state index contributed by atoms with van der Waals surface area (Å²) in [5.74, 6) is 0.862. The molecule has 1 aliphatic heterocycles. The maximum Gasteiger partial charge on any atom is 0.127 e. The first-order chi connectivity index (χ1) is 9.56. The van der Waals surface area contributed by atoms with Gasteiger partial charge in [0.15, 0.2) is 0 Å². The first kappa shape index (κ1) is 14.5. The number of halogens is 4. The Hall–Kier alpha value is -0.410. The quantitative estimate of drug-likeness (QED) is 0.568. The molecule has 5 heteroatoms. The largest absolute Gasteiger partial charge is 0.493 e. The fourth-order valence-corrected chi connectivity index (χ4v) is 3.40. The lowest BCUT2D eigenvalue weighted by Crippen LogP contribution is -1.98. The fraction of sp³-hybridized carbons (Fsp3) is 0.200. The number of hydrogen-bond donors (Lipinski definition) is 0. The second kappa shape index (κ2) is 5.76. The number of fused-ring (bicyclic) bond motifs is 1. The van der Waals surface area contributed by atoms with Gasteiger partial charge in [0.2, 0.25) is 0 Å². The molecule has 0 spiro atoms. The molecule has 104 valence electrons. The summed E-state index contributed by atoms with van der Waals surface area (Å²) in [6.07, 6.45) is 0.872. The van der Waals surface area contributed by atoms with E-state index in [0.717, 1.165) is 33.3 Å². The van der Waals surface area contributed by atoms with Crippen LogP contribution in [0.25, 0.3) is 0 Å². The van der Waals surface area contributed by atoms with Gasteiger partial charge in [-0.1, -0.05) is 29.3 Å². The normalized spacial score (nSPS) is 14.8. The monoisotopic (exact) mass is 390 g/mol. The Kier molecular flexibility index (Phi) is 4.19. The molecular weight excluding hydrogens is 382 g/mol. The molecule has 1 atom stereocenters. The van der Waals surface area contributed by atoms with E-state index in [1.165, 1.54) is 0 Å². The average molecular weight is 393 g/mol. The highest BCUT2D eigenvalue weighted by Crippen LogP contribution is 2.42. The molecule has 0 saturated heterocycles. The summed E-state index contributed by atoms with van der Waals surface area (Å²) in [7, 11) is 0. The van der Waals surface area contributed by atoms with E-state index >= 15 is 0 Å². The molecule has 0 amide bonds. The van der Waals surface area contributed by atoms with Crippen LogP contribution >= 0.6 is 50.7 Å². The van der Waals surface area contributed by atoms with Gasteiger partial charge in [-0.2, -0.15) is 0 Å². The van der Waals surface area contributed by atoms with Crippen molar-refractivity contribution in [2.45, 2.75) is 11.8 Å². The lowest BCUT2D eigenvalue weighted by Gasteiger charge is -2.15. The minimum absolute atomic E-state index is 0.325. The summed E-state index contributed by atoms with van der Waals surface area (Å²) in [4.78, 5) is 0. The topological polar surface area (TPSA) is 9.23 Å². The third kappa shape index (κ3) is 2.67. The van der Waals surface area contributed by atoms with Crippen molar-refractivity contribution in [1.82, 2.24) is 0 Å². The Labute approximate surface area is 140 Å². The lowest BCUT2D eigenvalue weighted by atomic mass is 10.0. The SMILES string of the molecule is Clc1cc2c(c(C(Cl)c3ccc(Cl)c(Br)c3)c1)OCC2. The van der Waals surface area contributed by atoms with Crippen molar-refractivity contribution in [1.29, 1.82) is 0 Å². The van der Waals surface area contributed by atoms with Crippen molar-refractivity contribution < 1.29 is 4.74 Å². The average Bonchev–Trinajstić information content (AvgIpc) is 2.88. The predicted octanol–water partition coefficient (Wildman–Crippen LogP) is 6.02. The number of rotatable bonds is 2. The summed E-state index contributed by atoms with van der Waals surface area (Å²) < 4.78 is 6.52. The van der Waals surface area contributed by atoms with E-state index in [4.69, 9.17) is 39.5 Å². The molecule has 1 unspecified atom stereocenters. The fourth-order valence-electron chi connectivity index (χ4n) is 2.34. The van der Waals surface area contributed by atoms with E-state index in [0.29, 0.717) is 16.7 Å². The third-order valence-electron chi connectivity index (χ3n) is 3.29. The molecule has 1 nitrogen and oxygen atoms in total. The highest BCUT2D eigenvalue weighted by molar-refractivity contribution is 9.10. The van der Waals surface area contributed by atoms with Gasteiger partial charge < -0.3 is 4.74 Å². The Balaban J connectivity index is 2.06. The van der Waals surface area contributed by atoms with E-state index in [-0.39, 0.29) is 5.38 Å². The van der Waals surface area contributed by atoms with Crippen LogP contribution < -0.4 is 4.74 Å². The minimum Gasteiger partial charge on any atom is -0.493 e. The molecule has 0 fully saturated rings. The molecule has 0 radical (unpaired) electrons. The summed E-state index contributed by atoms with van der Waals surface area (Å²) in [5.41, 5.74) is 2.97. The Morgan fingerprint density at radius 3 is 2.70 bits per heavy atom. The predicted molar refractivity (Wildman–Crippen MR) is 87.5 cm³/mol. The Morgan fingerprint density at radius 2 is 1.95 bits per heavy atom. The van der Waals surface area contributed by atoms with Crippen LogP contribution in [0.15, 0.2) is 34.8 Å². The van der Waals surface area contributed by atoms with E-state index < -0.39 is 0 Å². The maximum atomic E-state index is 6.61. The van der Waals surface area contributed by atoms with Gasteiger partial charge in [0.1, 0.15) is 5.75 Å². The molecule has 3 rings (SSSR count). The third-order valence-corrected chi connectivity index (χ3v) is 5.21. The molecule has 2 aromatic carbocycles. The molecule has 2 aromatic rings. The number of ether oxygens (including phenoxy) is 1. The van der Waals surface area contributed by atoms with Crippen molar-refractivity contribution in [2.24, 2.45) is 0 Å². The van der Waals surface area contributed by atoms with Gasteiger partial charge in [-0.3, -0.25) is 0 Å². The zero-order valence-corrected chi connectivity index (χ0v) is 14.2. The first-order valence-corrected chi connectivity index (χ1v) is 8.09. The molecule has 0 aromatic heterocycles. The van der Waals surface area contributed by atoms with Crippen LogP contribution in [0.3, 0.4) is 0 Å². The first-order valence-electron chi connectivity index (χ1n) is 6.10. The summed E-state index contributed by atoms with van der Waals surface area (Å²) in [6, 6.07) is 9.46. The summed E-state index contributed by atoms with van der Waals surface area (Å²) in [6.45, 7) is 0.677. The van der Waals surface area contributed by atoms with Gasteiger partial charge in [-0.25, -0.2) is 0 Å². The van der Waals surface area contributed by atoms with Gasteiger partial charge in [-0.15, -0.1) is 11.6 Å². The zero-order chi connectivity index (χ0) is 14.3. The Bertz CT molecular complexity index is 672. The van der Waals surface area contributed by atoms with Crippen molar-refractivity contribution in [3.63, 3.8) is 0 Å². The van der Waals surface area contributed by atoms with Crippen LogP contribution in [-0.4, -0.2) is 6.61 Å². The van der Waals surface area contributed by atoms with Crippen LogP contribution in [0.1, 0.15) is 22.1 Å². The van der Waals surface area contributed by atoms with E-state index in [9.17, 15) is 0 Å². The van der Waals surface area contributed by atoms with Crippen LogP contribution in [0.4, 0.5) is 0 Å². The van der Waals surface area contributed by atoms with Gasteiger partial charge in [-0.05, 0) is 51.3 Å². The van der Waals surface area contributed by atoms with Crippen molar-refractivity contribution in [3.8, 4) is 5.75 Å². The molecule has 1 heterocycles. The standard InChI is InChI=1S/C15H10BrCl3O/c16-12-6-8(1-2-13(12)18)14(19)11-7-10(17)5-9-3-4-20-15(9)11/h1-2,5-7,14H,3-4H2. The number of hydrogen-bond acceptors (Lipinski definition) is 1. The van der Waals surface area contributed by atoms with Crippen LogP contribution in [0.2, 0.25) is 10.0 Å². The lowest BCUT2D eigenvalue weighted by molar-refractivity contribution is 0.353. The van der Waals surface area contributed by atoms with Crippen molar-refractivity contribution >= 4 is 50.7 Å². The highest BCUT2D eigenvalue weighted by Gasteiger charge is 2.23. The Morgan fingerprint density at radius 1 is 1.15 bits per heavy atom. The van der Waals surface area contributed by atoms with Crippen LogP contribution in [0, 0.1) is 0 Å². The zero-order valence-electron chi connectivity index (χ0n) is 10.3. The second-order valence-electron chi connectivity index (χ2n) is 4.62. The summed E-state index contributed by atoms with van der Waals surface area (Å²) >= 11 is 22.2. The minimum atomic E-state index is -0.325. The summed E-state index contributed by atoms with van der Waals surface area (Å²) in [5, 5.41) is 1.02. The van der Waals surface area contributed by atoms with Crippen molar-refractivity contribution in [3.05, 3.63) is 61.5 Å². The molecular formula is C15H10BrCl3O. The van der Waals surface area contributed by atoms with Crippen LogP contribution in [-0.2, 0) is 6.42 Å². The second-order valence-corrected chi connectivity index (χ2v) is 6.75.